The van der Waals surface area contributed by atoms with Gasteiger partial charge in [0, 0.05) is 67.9 Å². The van der Waals surface area contributed by atoms with Crippen LogP contribution in [0.2, 0.25) is 0 Å². The van der Waals surface area contributed by atoms with Crippen molar-refractivity contribution < 1.29 is 9.53 Å². The zero-order chi connectivity index (χ0) is 19.6. The first-order chi connectivity index (χ1) is 14.2. The molecular formula is C20H24N6O2S. The summed E-state index contributed by atoms with van der Waals surface area (Å²) in [7, 11) is 0. The van der Waals surface area contributed by atoms with Gasteiger partial charge in [0.15, 0.2) is 4.96 Å². The molecule has 1 amide bonds. The van der Waals surface area contributed by atoms with Crippen LogP contribution in [0.5, 0.6) is 0 Å². The predicted molar refractivity (Wildman–Crippen MR) is 110 cm³/mol. The zero-order valence-electron chi connectivity index (χ0n) is 16.2. The molecule has 0 radical (unpaired) electrons. The van der Waals surface area contributed by atoms with Gasteiger partial charge in [0.25, 0.3) is 0 Å². The van der Waals surface area contributed by atoms with Crippen molar-refractivity contribution >= 4 is 28.2 Å². The summed E-state index contributed by atoms with van der Waals surface area (Å²) in [6.07, 6.45) is 8.96. The molecule has 0 aromatic carbocycles. The monoisotopic (exact) mass is 412 g/mol. The Morgan fingerprint density at radius 1 is 1.28 bits per heavy atom. The zero-order valence-corrected chi connectivity index (χ0v) is 17.0. The standard InChI is InChI=1S/C20H24N6O2S/c27-18(11-16-13-26-7-10-29-20(26)23-16)22-15-2-6-25(12-15)19-21-5-1-17(24-19)14-3-8-28-9-4-14/h1,5,7,10,13-15H,2-4,6,8-9,11-12H2,(H,22,27). The van der Waals surface area contributed by atoms with Gasteiger partial charge in [-0.2, -0.15) is 0 Å². The summed E-state index contributed by atoms with van der Waals surface area (Å²) in [5.41, 5.74) is 1.90. The minimum atomic E-state index is 0.0134. The number of hydrogen-bond acceptors (Lipinski definition) is 7. The van der Waals surface area contributed by atoms with Gasteiger partial charge in [-0.3, -0.25) is 9.20 Å². The molecule has 5 heterocycles. The third-order valence-electron chi connectivity index (χ3n) is 5.63. The fourth-order valence-corrected chi connectivity index (χ4v) is 4.82. The van der Waals surface area contributed by atoms with Crippen LogP contribution >= 0.6 is 11.3 Å². The molecule has 152 valence electrons. The third kappa shape index (κ3) is 4.11. The smallest absolute Gasteiger partial charge is 0.226 e. The van der Waals surface area contributed by atoms with Crippen LogP contribution in [0.15, 0.2) is 30.0 Å². The van der Waals surface area contributed by atoms with E-state index in [9.17, 15) is 4.79 Å². The van der Waals surface area contributed by atoms with Gasteiger partial charge in [0.05, 0.1) is 12.1 Å². The lowest BCUT2D eigenvalue weighted by molar-refractivity contribution is -0.121. The molecule has 2 aliphatic rings. The van der Waals surface area contributed by atoms with Crippen molar-refractivity contribution in [3.05, 3.63) is 41.4 Å². The van der Waals surface area contributed by atoms with Crippen LogP contribution in [0.25, 0.3) is 4.96 Å². The maximum Gasteiger partial charge on any atom is 0.226 e. The second-order valence-corrected chi connectivity index (χ2v) is 8.54. The molecule has 2 saturated heterocycles. The van der Waals surface area contributed by atoms with Crippen LogP contribution in [-0.2, 0) is 16.0 Å². The van der Waals surface area contributed by atoms with E-state index in [-0.39, 0.29) is 11.9 Å². The molecule has 2 aliphatic heterocycles. The van der Waals surface area contributed by atoms with E-state index in [2.05, 4.69) is 20.2 Å². The Hall–Kier alpha value is -2.52. The van der Waals surface area contributed by atoms with E-state index in [1.807, 2.05) is 34.4 Å². The average molecular weight is 413 g/mol. The van der Waals surface area contributed by atoms with Gasteiger partial charge in [-0.15, -0.1) is 11.3 Å². The van der Waals surface area contributed by atoms with E-state index in [0.717, 1.165) is 67.9 Å². The number of thiazole rings is 1. The summed E-state index contributed by atoms with van der Waals surface area (Å²) < 4.78 is 7.41. The first-order valence-electron chi connectivity index (χ1n) is 10.1. The number of fused-ring (bicyclic) bond motifs is 1. The van der Waals surface area contributed by atoms with Crippen molar-refractivity contribution in [1.82, 2.24) is 24.7 Å². The Bertz CT molecular complexity index is 967. The van der Waals surface area contributed by atoms with Crippen LogP contribution in [0.1, 0.15) is 36.6 Å². The first-order valence-corrected chi connectivity index (χ1v) is 11.0. The summed E-state index contributed by atoms with van der Waals surface area (Å²) in [5.74, 6) is 1.23. The summed E-state index contributed by atoms with van der Waals surface area (Å²) in [6, 6.07) is 2.13. The highest BCUT2D eigenvalue weighted by Crippen LogP contribution is 2.26. The first kappa shape index (κ1) is 18.5. The topological polar surface area (TPSA) is 84.7 Å². The Labute approximate surface area is 172 Å². The molecule has 0 bridgehead atoms. The molecule has 1 atom stereocenters. The molecule has 0 spiro atoms. The van der Waals surface area contributed by atoms with E-state index < -0.39 is 0 Å². The Kier molecular flexibility index (Phi) is 5.15. The highest BCUT2D eigenvalue weighted by Gasteiger charge is 2.27. The molecule has 2 fully saturated rings. The lowest BCUT2D eigenvalue weighted by Crippen LogP contribution is -2.38. The van der Waals surface area contributed by atoms with E-state index >= 15 is 0 Å². The van der Waals surface area contributed by atoms with Crippen molar-refractivity contribution in [3.8, 4) is 0 Å². The van der Waals surface area contributed by atoms with Gasteiger partial charge in [0.2, 0.25) is 11.9 Å². The van der Waals surface area contributed by atoms with Crippen LogP contribution in [0.4, 0.5) is 5.95 Å². The number of hydrogen-bond donors (Lipinski definition) is 1. The highest BCUT2D eigenvalue weighted by molar-refractivity contribution is 7.15. The molecule has 3 aromatic heterocycles. The molecule has 9 heteroatoms. The van der Waals surface area contributed by atoms with Gasteiger partial charge in [-0.25, -0.2) is 15.0 Å². The Morgan fingerprint density at radius 3 is 3.03 bits per heavy atom. The van der Waals surface area contributed by atoms with Crippen LogP contribution in [0.3, 0.4) is 0 Å². The normalized spacial score (nSPS) is 20.4. The van der Waals surface area contributed by atoms with Gasteiger partial charge in [-0.1, -0.05) is 0 Å². The lowest BCUT2D eigenvalue weighted by Gasteiger charge is -2.23. The number of amides is 1. The number of rotatable bonds is 5. The van der Waals surface area contributed by atoms with Crippen molar-refractivity contribution in [2.45, 2.75) is 37.6 Å². The van der Waals surface area contributed by atoms with Crippen molar-refractivity contribution in [1.29, 1.82) is 0 Å². The van der Waals surface area contributed by atoms with Crippen molar-refractivity contribution in [2.24, 2.45) is 0 Å². The van der Waals surface area contributed by atoms with Crippen molar-refractivity contribution in [3.63, 3.8) is 0 Å². The number of carbonyl (C=O) groups is 1. The molecule has 8 nitrogen and oxygen atoms in total. The molecule has 5 rings (SSSR count). The quantitative estimate of drug-likeness (QED) is 0.690. The molecule has 1 unspecified atom stereocenters. The number of aromatic nitrogens is 4. The van der Waals surface area contributed by atoms with E-state index in [0.29, 0.717) is 12.3 Å². The molecule has 3 aromatic rings. The fraction of sp³-hybridized carbons (Fsp3) is 0.500. The largest absolute Gasteiger partial charge is 0.381 e. The number of ether oxygens (including phenoxy) is 1. The van der Waals surface area contributed by atoms with Gasteiger partial charge in [0.1, 0.15) is 0 Å². The lowest BCUT2D eigenvalue weighted by atomic mass is 9.96. The van der Waals surface area contributed by atoms with Gasteiger partial charge in [-0.05, 0) is 25.3 Å². The average Bonchev–Trinajstić information content (AvgIpc) is 3.45. The van der Waals surface area contributed by atoms with E-state index in [1.54, 1.807) is 11.3 Å². The summed E-state index contributed by atoms with van der Waals surface area (Å²) in [4.78, 5) is 29.3. The predicted octanol–water partition coefficient (Wildman–Crippen LogP) is 2.02. The van der Waals surface area contributed by atoms with Gasteiger partial charge >= 0.3 is 0 Å². The van der Waals surface area contributed by atoms with E-state index in [4.69, 9.17) is 9.72 Å². The highest BCUT2D eigenvalue weighted by atomic mass is 32.1. The molecule has 29 heavy (non-hydrogen) atoms. The van der Waals surface area contributed by atoms with E-state index in [1.165, 1.54) is 0 Å². The summed E-state index contributed by atoms with van der Waals surface area (Å²) in [5, 5.41) is 5.13. The maximum absolute atomic E-state index is 12.5. The molecular weight excluding hydrogens is 388 g/mol. The van der Waals surface area contributed by atoms with Gasteiger partial charge < -0.3 is 15.0 Å². The number of anilines is 1. The maximum atomic E-state index is 12.5. The van der Waals surface area contributed by atoms with Crippen LogP contribution in [0, 0.1) is 0 Å². The summed E-state index contributed by atoms with van der Waals surface area (Å²) >= 11 is 1.57. The number of imidazole rings is 1. The minimum absolute atomic E-state index is 0.0134. The number of nitrogens with zero attached hydrogens (tertiary/aromatic N) is 5. The Balaban J connectivity index is 1.17. The molecule has 0 saturated carbocycles. The second-order valence-electron chi connectivity index (χ2n) is 7.67. The number of carbonyl (C=O) groups excluding carboxylic acids is 1. The SMILES string of the molecule is O=C(Cc1cn2ccsc2n1)NC1CCN(c2nccc(C3CCOCC3)n2)C1. The Morgan fingerprint density at radius 2 is 2.17 bits per heavy atom. The van der Waals surface area contributed by atoms with Crippen LogP contribution < -0.4 is 10.2 Å². The minimum Gasteiger partial charge on any atom is -0.381 e. The molecule has 0 aliphatic carbocycles. The summed E-state index contributed by atoms with van der Waals surface area (Å²) in [6.45, 7) is 3.19. The van der Waals surface area contributed by atoms with Crippen molar-refractivity contribution in [2.75, 3.05) is 31.2 Å². The second kappa shape index (κ2) is 8.08. The third-order valence-corrected chi connectivity index (χ3v) is 6.40. The molecule has 1 N–H and O–H groups in total. The van der Waals surface area contributed by atoms with Crippen LogP contribution in [-0.4, -0.2) is 57.6 Å². The fourth-order valence-electron chi connectivity index (χ4n) is 4.10. The number of nitrogens with one attached hydrogen (secondary N) is 1.